The number of aromatic nitrogens is 1. The molecule has 0 fully saturated rings. The highest BCUT2D eigenvalue weighted by Gasteiger charge is 2.04. The second-order valence-corrected chi connectivity index (χ2v) is 4.52. The van der Waals surface area contributed by atoms with Gasteiger partial charge in [-0.1, -0.05) is 11.6 Å². The predicted octanol–water partition coefficient (Wildman–Crippen LogP) is 1.81. The summed E-state index contributed by atoms with van der Waals surface area (Å²) in [6.07, 6.45) is 3.54. The van der Waals surface area contributed by atoms with E-state index in [1.165, 1.54) is 6.20 Å². The first-order valence-electron chi connectivity index (χ1n) is 5.64. The van der Waals surface area contributed by atoms with Crippen molar-refractivity contribution in [1.82, 2.24) is 15.2 Å². The summed E-state index contributed by atoms with van der Waals surface area (Å²) in [6.45, 7) is 1.73. The number of carbonyl (C=O) groups excluding carboxylic acids is 1. The number of carbonyl (C=O) groups is 1. The number of amides is 1. The second-order valence-electron chi connectivity index (χ2n) is 4.14. The fourth-order valence-electron chi connectivity index (χ4n) is 1.37. The maximum atomic E-state index is 11.6. The average molecular weight is 256 g/mol. The van der Waals surface area contributed by atoms with E-state index >= 15 is 0 Å². The van der Waals surface area contributed by atoms with Crippen LogP contribution in [0, 0.1) is 0 Å². The van der Waals surface area contributed by atoms with Gasteiger partial charge in [-0.15, -0.1) is 0 Å². The van der Waals surface area contributed by atoms with Crippen LogP contribution in [0.15, 0.2) is 18.3 Å². The number of nitrogens with one attached hydrogen (secondary N) is 1. The Kier molecular flexibility index (Phi) is 5.94. The van der Waals surface area contributed by atoms with Gasteiger partial charge in [0, 0.05) is 12.7 Å². The molecule has 0 bridgehead atoms. The van der Waals surface area contributed by atoms with Crippen molar-refractivity contribution < 1.29 is 4.79 Å². The van der Waals surface area contributed by atoms with Crippen LogP contribution in [0.2, 0.25) is 5.15 Å². The van der Waals surface area contributed by atoms with Gasteiger partial charge >= 0.3 is 0 Å². The molecule has 4 nitrogen and oxygen atoms in total. The lowest BCUT2D eigenvalue weighted by Crippen LogP contribution is -2.25. The summed E-state index contributed by atoms with van der Waals surface area (Å²) in [5.74, 6) is -0.0981. The molecule has 0 atom stereocenters. The molecule has 5 heteroatoms. The van der Waals surface area contributed by atoms with Gasteiger partial charge in [0.1, 0.15) is 5.15 Å². The van der Waals surface area contributed by atoms with Gasteiger partial charge in [0.2, 0.25) is 0 Å². The lowest BCUT2D eigenvalue weighted by molar-refractivity contribution is 0.0952. The normalized spacial score (nSPS) is 10.6. The maximum absolute atomic E-state index is 11.6. The van der Waals surface area contributed by atoms with Crippen molar-refractivity contribution in [2.45, 2.75) is 12.8 Å². The van der Waals surface area contributed by atoms with Crippen molar-refractivity contribution in [3.63, 3.8) is 0 Å². The van der Waals surface area contributed by atoms with Crippen molar-refractivity contribution in [3.8, 4) is 0 Å². The molecular formula is C12H18ClN3O. The number of hydrogen-bond donors (Lipinski definition) is 1. The highest BCUT2D eigenvalue weighted by molar-refractivity contribution is 6.29. The van der Waals surface area contributed by atoms with E-state index < -0.39 is 0 Å². The van der Waals surface area contributed by atoms with Gasteiger partial charge < -0.3 is 10.2 Å². The summed E-state index contributed by atoms with van der Waals surface area (Å²) in [6, 6.07) is 3.28. The Morgan fingerprint density at radius 2 is 2.18 bits per heavy atom. The van der Waals surface area contributed by atoms with Gasteiger partial charge in [-0.2, -0.15) is 0 Å². The lowest BCUT2D eigenvalue weighted by Gasteiger charge is -2.09. The molecule has 0 aliphatic rings. The second kappa shape index (κ2) is 7.25. The quantitative estimate of drug-likeness (QED) is 0.623. The standard InChI is InChI=1S/C12H18ClN3O/c1-16(2)8-4-3-7-14-12(17)10-5-6-11(13)15-9-10/h5-6,9H,3-4,7-8H2,1-2H3,(H,14,17). The van der Waals surface area contributed by atoms with Crippen molar-refractivity contribution >= 4 is 17.5 Å². The smallest absolute Gasteiger partial charge is 0.252 e. The first-order valence-corrected chi connectivity index (χ1v) is 6.02. The minimum absolute atomic E-state index is 0.0981. The molecule has 1 N–H and O–H groups in total. The van der Waals surface area contributed by atoms with Crippen LogP contribution in [-0.2, 0) is 0 Å². The first kappa shape index (κ1) is 13.9. The van der Waals surface area contributed by atoms with Crippen LogP contribution in [0.5, 0.6) is 0 Å². The molecule has 17 heavy (non-hydrogen) atoms. The Morgan fingerprint density at radius 3 is 2.76 bits per heavy atom. The highest BCUT2D eigenvalue weighted by atomic mass is 35.5. The van der Waals surface area contributed by atoms with Crippen LogP contribution in [0.1, 0.15) is 23.2 Å². The molecule has 0 spiro atoms. The Balaban J connectivity index is 2.23. The minimum atomic E-state index is -0.0981. The summed E-state index contributed by atoms with van der Waals surface area (Å²) in [5, 5.41) is 3.25. The molecule has 1 aromatic rings. The Morgan fingerprint density at radius 1 is 1.41 bits per heavy atom. The Labute approximate surface area is 107 Å². The molecule has 0 saturated carbocycles. The molecule has 0 aliphatic heterocycles. The predicted molar refractivity (Wildman–Crippen MR) is 69.4 cm³/mol. The van der Waals surface area contributed by atoms with Crippen LogP contribution in [-0.4, -0.2) is 43.0 Å². The van der Waals surface area contributed by atoms with Gasteiger partial charge in [0.25, 0.3) is 5.91 Å². The molecule has 1 heterocycles. The number of halogens is 1. The first-order chi connectivity index (χ1) is 8.09. The summed E-state index contributed by atoms with van der Waals surface area (Å²) < 4.78 is 0. The van der Waals surface area contributed by atoms with Crippen molar-refractivity contribution in [3.05, 3.63) is 29.0 Å². The molecule has 0 radical (unpaired) electrons. The van der Waals surface area contributed by atoms with Gasteiger partial charge in [0.15, 0.2) is 0 Å². The molecule has 94 valence electrons. The van der Waals surface area contributed by atoms with Gasteiger partial charge in [0.05, 0.1) is 5.56 Å². The molecule has 0 aromatic carbocycles. The van der Waals surface area contributed by atoms with Crippen molar-refractivity contribution in [2.75, 3.05) is 27.2 Å². The third kappa shape index (κ3) is 5.65. The van der Waals surface area contributed by atoms with E-state index in [1.54, 1.807) is 12.1 Å². The van der Waals surface area contributed by atoms with Crippen LogP contribution in [0.25, 0.3) is 0 Å². The zero-order chi connectivity index (χ0) is 12.7. The van der Waals surface area contributed by atoms with Gasteiger partial charge in [-0.05, 0) is 45.6 Å². The van der Waals surface area contributed by atoms with E-state index in [0.717, 1.165) is 19.4 Å². The third-order valence-corrected chi connectivity index (χ3v) is 2.53. The zero-order valence-electron chi connectivity index (χ0n) is 10.2. The van der Waals surface area contributed by atoms with E-state index in [4.69, 9.17) is 11.6 Å². The molecule has 0 saturated heterocycles. The number of rotatable bonds is 6. The van der Waals surface area contributed by atoms with E-state index in [9.17, 15) is 4.79 Å². The van der Waals surface area contributed by atoms with Crippen LogP contribution >= 0.6 is 11.6 Å². The topological polar surface area (TPSA) is 45.2 Å². The number of nitrogens with zero attached hydrogens (tertiary/aromatic N) is 2. The Hall–Kier alpha value is -1.13. The van der Waals surface area contributed by atoms with Crippen molar-refractivity contribution in [1.29, 1.82) is 0 Å². The average Bonchev–Trinajstić information content (AvgIpc) is 2.29. The van der Waals surface area contributed by atoms with Gasteiger partial charge in [-0.25, -0.2) is 4.98 Å². The minimum Gasteiger partial charge on any atom is -0.352 e. The number of hydrogen-bond acceptors (Lipinski definition) is 3. The number of pyridine rings is 1. The zero-order valence-corrected chi connectivity index (χ0v) is 11.0. The van der Waals surface area contributed by atoms with Crippen LogP contribution < -0.4 is 5.32 Å². The van der Waals surface area contributed by atoms with Gasteiger partial charge in [-0.3, -0.25) is 4.79 Å². The van der Waals surface area contributed by atoms with E-state index in [1.807, 2.05) is 14.1 Å². The molecule has 0 unspecified atom stereocenters. The molecule has 1 aromatic heterocycles. The maximum Gasteiger partial charge on any atom is 0.252 e. The van der Waals surface area contributed by atoms with Crippen molar-refractivity contribution in [2.24, 2.45) is 0 Å². The summed E-state index contributed by atoms with van der Waals surface area (Å²) in [4.78, 5) is 17.6. The number of unbranched alkanes of at least 4 members (excludes halogenated alkanes) is 1. The molecule has 0 aliphatic carbocycles. The molecule has 1 rings (SSSR count). The van der Waals surface area contributed by atoms with E-state index in [0.29, 0.717) is 17.3 Å². The summed E-state index contributed by atoms with van der Waals surface area (Å²) in [7, 11) is 4.08. The highest BCUT2D eigenvalue weighted by Crippen LogP contribution is 2.04. The third-order valence-electron chi connectivity index (χ3n) is 2.31. The molecular weight excluding hydrogens is 238 g/mol. The lowest BCUT2D eigenvalue weighted by atomic mass is 10.2. The monoisotopic (exact) mass is 255 g/mol. The molecule has 1 amide bonds. The largest absolute Gasteiger partial charge is 0.352 e. The van der Waals surface area contributed by atoms with Crippen LogP contribution in [0.3, 0.4) is 0 Å². The summed E-state index contributed by atoms with van der Waals surface area (Å²) in [5.41, 5.74) is 0.544. The Bertz CT molecular complexity index is 351. The van der Waals surface area contributed by atoms with Crippen LogP contribution in [0.4, 0.5) is 0 Å². The fourth-order valence-corrected chi connectivity index (χ4v) is 1.48. The SMILES string of the molecule is CN(C)CCCCNC(=O)c1ccc(Cl)nc1. The van der Waals surface area contributed by atoms with E-state index in [2.05, 4.69) is 15.2 Å². The van der Waals surface area contributed by atoms with E-state index in [-0.39, 0.29) is 5.91 Å². The summed E-state index contributed by atoms with van der Waals surface area (Å²) >= 11 is 5.64. The fraction of sp³-hybridized carbons (Fsp3) is 0.500.